The molecule has 0 aliphatic rings. The van der Waals surface area contributed by atoms with Crippen LogP contribution in [0.2, 0.25) is 10.0 Å². The van der Waals surface area contributed by atoms with Gasteiger partial charge in [-0.15, -0.1) is 0 Å². The van der Waals surface area contributed by atoms with Gasteiger partial charge in [0.05, 0.1) is 12.1 Å². The summed E-state index contributed by atoms with van der Waals surface area (Å²) >= 11 is 11.7. The van der Waals surface area contributed by atoms with Gasteiger partial charge in [-0.1, -0.05) is 36.2 Å². The summed E-state index contributed by atoms with van der Waals surface area (Å²) in [6.07, 6.45) is 0.0220. The van der Waals surface area contributed by atoms with E-state index in [1.165, 1.54) is 0 Å². The lowest BCUT2D eigenvalue weighted by Crippen LogP contribution is -2.25. The van der Waals surface area contributed by atoms with Crippen LogP contribution in [-0.4, -0.2) is 11.2 Å². The fraction of sp³-hybridized carbons (Fsp3) is 0.400. The van der Waals surface area contributed by atoms with Crippen LogP contribution in [0.25, 0.3) is 0 Å². The lowest BCUT2D eigenvalue weighted by molar-refractivity contribution is 0.141. The third-order valence-electron chi connectivity index (χ3n) is 2.15. The van der Waals surface area contributed by atoms with Gasteiger partial charge in [0.25, 0.3) is 0 Å². The van der Waals surface area contributed by atoms with Crippen molar-refractivity contribution in [3.05, 3.63) is 33.8 Å². The van der Waals surface area contributed by atoms with Gasteiger partial charge in [0.1, 0.15) is 0 Å². The van der Waals surface area contributed by atoms with Crippen molar-refractivity contribution in [3.8, 4) is 0 Å². The molecule has 4 heteroatoms. The minimum atomic E-state index is -0.575. The molecule has 1 aromatic carbocycles. The summed E-state index contributed by atoms with van der Waals surface area (Å²) in [6, 6.07) is 4.63. The first-order valence-electron chi connectivity index (χ1n) is 4.44. The number of halogens is 2. The van der Waals surface area contributed by atoms with Crippen molar-refractivity contribution in [2.24, 2.45) is 5.73 Å². The van der Waals surface area contributed by atoms with E-state index in [0.29, 0.717) is 16.5 Å². The van der Waals surface area contributed by atoms with Crippen LogP contribution in [0.15, 0.2) is 18.2 Å². The maximum Gasteiger partial charge on any atom is 0.0730 e. The van der Waals surface area contributed by atoms with Crippen LogP contribution in [0.5, 0.6) is 0 Å². The van der Waals surface area contributed by atoms with E-state index in [1.807, 2.05) is 6.92 Å². The molecule has 0 bridgehead atoms. The molecule has 0 spiro atoms. The summed E-state index contributed by atoms with van der Waals surface area (Å²) in [6.45, 7) is 1.87. The smallest absolute Gasteiger partial charge is 0.0730 e. The maximum atomic E-state index is 9.56. The van der Waals surface area contributed by atoms with Gasteiger partial charge in [-0.25, -0.2) is 0 Å². The van der Waals surface area contributed by atoms with Gasteiger partial charge in [-0.05, 0) is 24.1 Å². The standard InChI is InChI=1S/C10H13Cl2NO/c1-2-9(14)10(13)7-4-3-6(11)5-8(7)12/h3-5,9-10,14H,2,13H2,1H3/t9-,10+/m1/s1. The molecule has 0 fully saturated rings. The van der Waals surface area contributed by atoms with Crippen LogP contribution in [-0.2, 0) is 0 Å². The Hall–Kier alpha value is -0.280. The third kappa shape index (κ3) is 2.61. The summed E-state index contributed by atoms with van der Waals surface area (Å²) in [4.78, 5) is 0. The number of hydrogen-bond acceptors (Lipinski definition) is 2. The summed E-state index contributed by atoms with van der Waals surface area (Å²) in [5, 5.41) is 10.6. The Bertz CT molecular complexity index is 317. The molecule has 0 saturated heterocycles. The molecule has 2 atom stereocenters. The van der Waals surface area contributed by atoms with Crippen LogP contribution in [0.1, 0.15) is 24.9 Å². The van der Waals surface area contributed by atoms with E-state index in [0.717, 1.165) is 5.56 Å². The zero-order valence-corrected chi connectivity index (χ0v) is 9.39. The van der Waals surface area contributed by atoms with Gasteiger partial charge in [-0.3, -0.25) is 0 Å². The average molecular weight is 234 g/mol. The first-order valence-corrected chi connectivity index (χ1v) is 5.20. The summed E-state index contributed by atoms with van der Waals surface area (Å²) in [5.74, 6) is 0. The Morgan fingerprint density at radius 1 is 1.43 bits per heavy atom. The Labute approximate surface area is 93.6 Å². The SMILES string of the molecule is CC[C@@H](O)[C@@H](N)c1ccc(Cl)cc1Cl. The van der Waals surface area contributed by atoms with Gasteiger partial charge in [0.2, 0.25) is 0 Å². The molecule has 78 valence electrons. The second-order valence-corrected chi connectivity index (χ2v) is 4.01. The monoisotopic (exact) mass is 233 g/mol. The number of benzene rings is 1. The molecule has 2 nitrogen and oxygen atoms in total. The zero-order valence-electron chi connectivity index (χ0n) is 7.87. The second kappa shape index (κ2) is 4.99. The quantitative estimate of drug-likeness (QED) is 0.844. The molecule has 0 unspecified atom stereocenters. The molecule has 0 aliphatic carbocycles. The topological polar surface area (TPSA) is 46.2 Å². The molecule has 0 aromatic heterocycles. The molecular weight excluding hydrogens is 221 g/mol. The fourth-order valence-electron chi connectivity index (χ4n) is 1.23. The van der Waals surface area contributed by atoms with E-state index < -0.39 is 12.1 Å². The highest BCUT2D eigenvalue weighted by Gasteiger charge is 2.17. The van der Waals surface area contributed by atoms with Crippen molar-refractivity contribution in [3.63, 3.8) is 0 Å². The first kappa shape index (κ1) is 11.8. The van der Waals surface area contributed by atoms with Crippen molar-refractivity contribution >= 4 is 23.2 Å². The van der Waals surface area contributed by atoms with E-state index in [4.69, 9.17) is 28.9 Å². The van der Waals surface area contributed by atoms with Gasteiger partial charge in [-0.2, -0.15) is 0 Å². The van der Waals surface area contributed by atoms with Gasteiger partial charge in [0.15, 0.2) is 0 Å². The third-order valence-corrected chi connectivity index (χ3v) is 2.72. The molecular formula is C10H13Cl2NO. The zero-order chi connectivity index (χ0) is 10.7. The average Bonchev–Trinajstić information content (AvgIpc) is 2.15. The molecule has 0 radical (unpaired) electrons. The molecule has 0 aliphatic heterocycles. The number of aliphatic hydroxyl groups is 1. The number of hydrogen-bond donors (Lipinski definition) is 2. The molecule has 1 rings (SSSR count). The van der Waals surface area contributed by atoms with Gasteiger partial charge < -0.3 is 10.8 Å². The summed E-state index contributed by atoms with van der Waals surface area (Å²) in [5.41, 5.74) is 6.55. The molecule has 3 N–H and O–H groups in total. The summed E-state index contributed by atoms with van der Waals surface area (Å²) in [7, 11) is 0. The normalized spacial score (nSPS) is 15.2. The number of aliphatic hydroxyl groups excluding tert-OH is 1. The Kier molecular flexibility index (Phi) is 4.20. The largest absolute Gasteiger partial charge is 0.391 e. The minimum absolute atomic E-state index is 0.454. The van der Waals surface area contributed by atoms with Gasteiger partial charge >= 0.3 is 0 Å². The van der Waals surface area contributed by atoms with Crippen LogP contribution in [0.4, 0.5) is 0 Å². The van der Waals surface area contributed by atoms with Crippen molar-refractivity contribution in [2.45, 2.75) is 25.5 Å². The van der Waals surface area contributed by atoms with Crippen molar-refractivity contribution in [2.75, 3.05) is 0 Å². The van der Waals surface area contributed by atoms with E-state index >= 15 is 0 Å². The van der Waals surface area contributed by atoms with Crippen LogP contribution >= 0.6 is 23.2 Å². The highest BCUT2D eigenvalue weighted by atomic mass is 35.5. The van der Waals surface area contributed by atoms with E-state index in [-0.39, 0.29) is 0 Å². The van der Waals surface area contributed by atoms with Crippen molar-refractivity contribution < 1.29 is 5.11 Å². The molecule has 14 heavy (non-hydrogen) atoms. The molecule has 0 heterocycles. The van der Waals surface area contributed by atoms with Crippen molar-refractivity contribution in [1.82, 2.24) is 0 Å². The Morgan fingerprint density at radius 3 is 2.57 bits per heavy atom. The van der Waals surface area contributed by atoms with Gasteiger partial charge in [0, 0.05) is 10.0 Å². The predicted octanol–water partition coefficient (Wildman–Crippen LogP) is 2.76. The molecule has 0 amide bonds. The fourth-order valence-corrected chi connectivity index (χ4v) is 1.77. The highest BCUT2D eigenvalue weighted by Crippen LogP contribution is 2.27. The predicted molar refractivity (Wildman–Crippen MR) is 59.7 cm³/mol. The maximum absolute atomic E-state index is 9.56. The molecule has 1 aromatic rings. The summed E-state index contributed by atoms with van der Waals surface area (Å²) < 4.78 is 0. The van der Waals surface area contributed by atoms with E-state index in [9.17, 15) is 5.11 Å². The lowest BCUT2D eigenvalue weighted by atomic mass is 10.0. The Balaban J connectivity index is 2.95. The van der Waals surface area contributed by atoms with Crippen LogP contribution in [0.3, 0.4) is 0 Å². The number of rotatable bonds is 3. The lowest BCUT2D eigenvalue weighted by Gasteiger charge is -2.18. The number of nitrogens with two attached hydrogens (primary N) is 1. The van der Waals surface area contributed by atoms with Crippen molar-refractivity contribution in [1.29, 1.82) is 0 Å². The van der Waals surface area contributed by atoms with Crippen LogP contribution in [0, 0.1) is 0 Å². The second-order valence-electron chi connectivity index (χ2n) is 3.17. The van der Waals surface area contributed by atoms with E-state index in [2.05, 4.69) is 0 Å². The molecule has 0 saturated carbocycles. The first-order chi connectivity index (χ1) is 6.56. The Morgan fingerprint density at radius 2 is 2.07 bits per heavy atom. The van der Waals surface area contributed by atoms with Crippen LogP contribution < -0.4 is 5.73 Å². The minimum Gasteiger partial charge on any atom is -0.391 e. The van der Waals surface area contributed by atoms with E-state index in [1.54, 1.807) is 18.2 Å². The highest BCUT2D eigenvalue weighted by molar-refractivity contribution is 6.35.